The maximum absolute atomic E-state index is 12.1. The largest absolute Gasteiger partial charge is 0.460 e. The van der Waals surface area contributed by atoms with Crippen LogP contribution in [0.3, 0.4) is 0 Å². The predicted octanol–water partition coefficient (Wildman–Crippen LogP) is 1.65. The second-order valence-corrected chi connectivity index (χ2v) is 6.19. The molecule has 30 heavy (non-hydrogen) atoms. The fourth-order valence-electron chi connectivity index (χ4n) is 2.93. The molecular weight excluding hydrogens is 396 g/mol. The van der Waals surface area contributed by atoms with Gasteiger partial charge in [-0.25, -0.2) is 19.2 Å². The molecule has 9 nitrogen and oxygen atoms in total. The Morgan fingerprint density at radius 2 is 1.70 bits per heavy atom. The van der Waals surface area contributed by atoms with Gasteiger partial charge in [-0.2, -0.15) is 0 Å². The van der Waals surface area contributed by atoms with E-state index in [-0.39, 0.29) is 43.1 Å². The van der Waals surface area contributed by atoms with Gasteiger partial charge in [0.15, 0.2) is 0 Å². The minimum Gasteiger partial charge on any atom is -0.460 e. The molecule has 1 N–H and O–H groups in total. The third-order valence-corrected chi connectivity index (χ3v) is 4.36. The van der Waals surface area contributed by atoms with Gasteiger partial charge in [0, 0.05) is 12.7 Å². The summed E-state index contributed by atoms with van der Waals surface area (Å²) in [5.74, 6) is -2.34. The summed E-state index contributed by atoms with van der Waals surface area (Å²) in [6.45, 7) is 0.550. The molecule has 2 heterocycles. The number of carbonyl (C=O) groups is 4. The number of aliphatic hydroxyl groups excluding tert-OH is 1. The molecule has 0 amide bonds. The molecule has 0 aromatic heterocycles. The van der Waals surface area contributed by atoms with Crippen molar-refractivity contribution in [2.45, 2.75) is 13.2 Å². The molecule has 0 fully saturated rings. The van der Waals surface area contributed by atoms with Gasteiger partial charge in [-0.3, -0.25) is 0 Å². The topological polar surface area (TPSA) is 125 Å². The predicted molar refractivity (Wildman–Crippen MR) is 99.8 cm³/mol. The molecule has 2 aromatic rings. The first-order chi connectivity index (χ1) is 14.5. The average molecular weight is 414 g/mol. The van der Waals surface area contributed by atoms with Crippen LogP contribution < -0.4 is 0 Å². The van der Waals surface area contributed by atoms with E-state index in [9.17, 15) is 19.2 Å². The summed E-state index contributed by atoms with van der Waals surface area (Å²) in [5.41, 5.74) is 2.52. The van der Waals surface area contributed by atoms with Gasteiger partial charge in [-0.15, -0.1) is 0 Å². The summed E-state index contributed by atoms with van der Waals surface area (Å²) in [4.78, 5) is 46.5. The number of fused-ring (bicyclic) bond motifs is 2. The number of hydrogen-bond donors (Lipinski definition) is 1. The summed E-state index contributed by atoms with van der Waals surface area (Å²) in [5, 5.41) is 7.00. The van der Waals surface area contributed by atoms with Gasteiger partial charge < -0.3 is 24.1 Å². The molecule has 0 bridgehead atoms. The molecule has 4 rings (SSSR count). The molecule has 2 aliphatic heterocycles. The fraction of sp³-hybridized carbons (Fsp3) is 0.238. The first-order valence-corrected chi connectivity index (χ1v) is 8.92. The number of hydrogen-bond acceptors (Lipinski definition) is 9. The Morgan fingerprint density at radius 3 is 2.50 bits per heavy atom. The minimum atomic E-state index is -0.672. The van der Waals surface area contributed by atoms with Crippen LogP contribution in [0.2, 0.25) is 0 Å². The molecule has 0 unspecified atom stereocenters. The van der Waals surface area contributed by atoms with Crippen LogP contribution in [0.25, 0.3) is 0 Å². The second-order valence-electron chi connectivity index (χ2n) is 6.19. The third kappa shape index (κ3) is 4.37. The fourth-order valence-corrected chi connectivity index (χ4v) is 2.93. The smallest absolute Gasteiger partial charge is 0.346 e. The molecule has 9 heteroatoms. The highest BCUT2D eigenvalue weighted by molar-refractivity contribution is 6.14. The van der Waals surface area contributed by atoms with Crippen LogP contribution in [-0.4, -0.2) is 49.3 Å². The Balaban J connectivity index is 0.00000124. The number of aliphatic hydroxyl groups is 1. The summed E-state index contributed by atoms with van der Waals surface area (Å²) >= 11 is 0. The van der Waals surface area contributed by atoms with E-state index in [1.54, 1.807) is 18.2 Å². The van der Waals surface area contributed by atoms with Gasteiger partial charge in [-0.1, -0.05) is 12.1 Å². The highest BCUT2D eigenvalue weighted by Crippen LogP contribution is 2.22. The lowest BCUT2D eigenvalue weighted by Crippen LogP contribution is -2.11. The third-order valence-electron chi connectivity index (χ3n) is 4.36. The molecule has 0 saturated heterocycles. The van der Waals surface area contributed by atoms with E-state index in [1.165, 1.54) is 18.2 Å². The summed E-state index contributed by atoms with van der Waals surface area (Å²) in [7, 11) is 1.00. The van der Waals surface area contributed by atoms with Gasteiger partial charge in [-0.05, 0) is 29.8 Å². The van der Waals surface area contributed by atoms with E-state index in [4.69, 9.17) is 19.3 Å². The Hall–Kier alpha value is -3.56. The van der Waals surface area contributed by atoms with Gasteiger partial charge in [0.2, 0.25) is 0 Å². The first-order valence-electron chi connectivity index (χ1n) is 8.92. The summed E-state index contributed by atoms with van der Waals surface area (Å²) in [6.07, 6.45) is 0. The van der Waals surface area contributed by atoms with Crippen molar-refractivity contribution < 1.29 is 43.2 Å². The Labute approximate surface area is 171 Å². The molecule has 2 aliphatic rings. The summed E-state index contributed by atoms with van der Waals surface area (Å²) < 4.78 is 20.0. The average Bonchev–Trinajstić information content (AvgIpc) is 3.27. The number of cyclic esters (lactones) is 3. The zero-order valence-corrected chi connectivity index (χ0v) is 16.0. The molecule has 2 aromatic carbocycles. The molecule has 0 radical (unpaired) electrons. The normalized spacial score (nSPS) is 13.6. The van der Waals surface area contributed by atoms with Crippen molar-refractivity contribution >= 4 is 23.9 Å². The Bertz CT molecular complexity index is 1010. The maximum Gasteiger partial charge on any atom is 0.346 e. The van der Waals surface area contributed by atoms with Crippen LogP contribution >= 0.6 is 0 Å². The van der Waals surface area contributed by atoms with Gasteiger partial charge in [0.1, 0.15) is 13.2 Å². The van der Waals surface area contributed by atoms with E-state index in [2.05, 4.69) is 4.74 Å². The van der Waals surface area contributed by atoms with E-state index >= 15 is 0 Å². The Morgan fingerprint density at radius 1 is 0.933 bits per heavy atom. The van der Waals surface area contributed by atoms with E-state index < -0.39 is 23.9 Å². The van der Waals surface area contributed by atoms with Gasteiger partial charge in [0.25, 0.3) is 0 Å². The minimum absolute atomic E-state index is 0.0197. The number of ether oxygens (including phenoxy) is 4. The van der Waals surface area contributed by atoms with Crippen molar-refractivity contribution in [3.63, 3.8) is 0 Å². The van der Waals surface area contributed by atoms with Crippen molar-refractivity contribution in [3.05, 3.63) is 69.8 Å². The number of benzene rings is 2. The molecule has 0 spiro atoms. The number of rotatable bonds is 6. The zero-order valence-electron chi connectivity index (χ0n) is 16.0. The lowest BCUT2D eigenvalue weighted by Gasteiger charge is -2.07. The molecule has 0 saturated carbocycles. The zero-order chi connectivity index (χ0) is 21.7. The quantitative estimate of drug-likeness (QED) is 0.325. The van der Waals surface area contributed by atoms with Gasteiger partial charge in [0.05, 0.1) is 35.5 Å². The first kappa shape index (κ1) is 21.2. The molecular formula is C21H18O9. The highest BCUT2D eigenvalue weighted by Gasteiger charge is 2.29. The van der Waals surface area contributed by atoms with Crippen molar-refractivity contribution in [1.82, 2.24) is 0 Å². The monoisotopic (exact) mass is 414 g/mol. The standard InChI is InChI=1S/C20H14O8.CH4O/c21-17(12-2-3-13-10-27-18(22)15(13)8-12)26-6-5-25-9-11-1-4-14-16(7-11)20(24)28-19(14)23;1-2/h1-4,7-8H,5-6,9-10H2;2H,1H3. The van der Waals surface area contributed by atoms with Crippen molar-refractivity contribution in [1.29, 1.82) is 0 Å². The van der Waals surface area contributed by atoms with Crippen LogP contribution in [0.1, 0.15) is 52.6 Å². The van der Waals surface area contributed by atoms with Crippen LogP contribution in [0.5, 0.6) is 0 Å². The highest BCUT2D eigenvalue weighted by atomic mass is 16.6. The van der Waals surface area contributed by atoms with Gasteiger partial charge >= 0.3 is 23.9 Å². The van der Waals surface area contributed by atoms with E-state index in [0.717, 1.165) is 12.7 Å². The van der Waals surface area contributed by atoms with E-state index in [1.807, 2.05) is 0 Å². The Kier molecular flexibility index (Phi) is 6.55. The SMILES string of the molecule is CO.O=C(OCCOCc1ccc2c(c1)C(=O)OC2=O)c1ccc2c(c1)C(=O)OC2. The van der Waals surface area contributed by atoms with Crippen LogP contribution in [-0.2, 0) is 32.2 Å². The van der Waals surface area contributed by atoms with Crippen molar-refractivity contribution in [2.75, 3.05) is 20.3 Å². The van der Waals surface area contributed by atoms with Crippen LogP contribution in [0, 0.1) is 0 Å². The lowest BCUT2D eigenvalue weighted by atomic mass is 10.1. The second kappa shape index (κ2) is 9.29. The van der Waals surface area contributed by atoms with Crippen molar-refractivity contribution in [2.24, 2.45) is 0 Å². The lowest BCUT2D eigenvalue weighted by molar-refractivity contribution is 0.0287. The van der Waals surface area contributed by atoms with Crippen molar-refractivity contribution in [3.8, 4) is 0 Å². The molecule has 0 atom stereocenters. The van der Waals surface area contributed by atoms with Crippen LogP contribution in [0.4, 0.5) is 0 Å². The maximum atomic E-state index is 12.1. The molecule has 0 aliphatic carbocycles. The summed E-state index contributed by atoms with van der Waals surface area (Å²) in [6, 6.07) is 9.41. The number of esters is 4. The molecule has 156 valence electrons. The van der Waals surface area contributed by atoms with Crippen LogP contribution in [0.15, 0.2) is 36.4 Å². The number of carbonyl (C=O) groups excluding carboxylic acids is 4. The van der Waals surface area contributed by atoms with E-state index in [0.29, 0.717) is 11.1 Å².